The number of carbonyl (C=O) groups excluding carboxylic acids is 1. The molecule has 1 rings (SSSR count). The molecule has 0 aliphatic rings. The Morgan fingerprint density at radius 2 is 2.11 bits per heavy atom. The summed E-state index contributed by atoms with van der Waals surface area (Å²) < 4.78 is 0. The molecule has 0 saturated carbocycles. The van der Waals surface area contributed by atoms with Crippen molar-refractivity contribution in [3.05, 3.63) is 18.3 Å². The van der Waals surface area contributed by atoms with Gasteiger partial charge in [-0.15, -0.1) is 0 Å². The van der Waals surface area contributed by atoms with Crippen molar-refractivity contribution in [2.24, 2.45) is 5.73 Å². The molecule has 1 unspecified atom stereocenters. The number of carbonyl (C=O) groups is 1. The van der Waals surface area contributed by atoms with Gasteiger partial charge in [-0.3, -0.25) is 4.79 Å². The summed E-state index contributed by atoms with van der Waals surface area (Å²) in [5.74, 6) is 0.291. The number of aromatic nitrogens is 1. The van der Waals surface area contributed by atoms with Crippen molar-refractivity contribution in [3.8, 4) is 0 Å². The average Bonchev–Trinajstić information content (AvgIpc) is 2.30. The zero-order chi connectivity index (χ0) is 14.6. The Bertz CT molecular complexity index is 420. The highest BCUT2D eigenvalue weighted by Crippen LogP contribution is 2.23. The second kappa shape index (κ2) is 6.02. The van der Waals surface area contributed by atoms with E-state index in [9.17, 15) is 4.79 Å². The van der Waals surface area contributed by atoms with Crippen molar-refractivity contribution in [1.82, 2.24) is 4.98 Å². The largest absolute Gasteiger partial charge is 0.366 e. The molecule has 5 heteroatoms. The molecule has 0 bridgehead atoms. The second-order valence-corrected chi connectivity index (χ2v) is 5.59. The van der Waals surface area contributed by atoms with E-state index in [1.165, 1.54) is 0 Å². The van der Waals surface area contributed by atoms with Crippen molar-refractivity contribution in [2.45, 2.75) is 46.2 Å². The predicted octanol–water partition coefficient (Wildman–Crippen LogP) is 1.99. The van der Waals surface area contributed by atoms with Crippen LogP contribution in [0.15, 0.2) is 18.3 Å². The van der Waals surface area contributed by atoms with E-state index in [-0.39, 0.29) is 11.4 Å². The fourth-order valence-corrected chi connectivity index (χ4v) is 1.90. The fraction of sp³-hybridized carbons (Fsp3) is 0.571. The molecule has 1 atom stereocenters. The second-order valence-electron chi connectivity index (χ2n) is 5.59. The van der Waals surface area contributed by atoms with Gasteiger partial charge in [0.05, 0.1) is 17.9 Å². The van der Waals surface area contributed by atoms with Crippen molar-refractivity contribution < 1.29 is 4.79 Å². The van der Waals surface area contributed by atoms with Crippen LogP contribution in [0, 0.1) is 0 Å². The topological polar surface area (TPSA) is 71.2 Å². The van der Waals surface area contributed by atoms with Crippen molar-refractivity contribution in [1.29, 1.82) is 0 Å². The maximum absolute atomic E-state index is 11.5. The van der Waals surface area contributed by atoms with E-state index in [1.807, 2.05) is 6.07 Å². The SMILES string of the molecule is CCN(c1ccc(NC(=O)C(C)N)nc1)C(C)(C)C. The van der Waals surface area contributed by atoms with Gasteiger partial charge in [0.15, 0.2) is 0 Å². The third-order valence-electron chi connectivity index (χ3n) is 2.85. The molecule has 0 spiro atoms. The first-order valence-corrected chi connectivity index (χ1v) is 6.56. The Balaban J connectivity index is 2.84. The first-order chi connectivity index (χ1) is 8.75. The van der Waals surface area contributed by atoms with Gasteiger partial charge in [0.2, 0.25) is 5.91 Å². The van der Waals surface area contributed by atoms with Gasteiger partial charge in [-0.1, -0.05) is 0 Å². The van der Waals surface area contributed by atoms with Gasteiger partial charge in [0, 0.05) is 12.1 Å². The smallest absolute Gasteiger partial charge is 0.242 e. The molecule has 3 N–H and O–H groups in total. The van der Waals surface area contributed by atoms with Crippen LogP contribution in [0.25, 0.3) is 0 Å². The lowest BCUT2D eigenvalue weighted by Gasteiger charge is -2.36. The summed E-state index contributed by atoms with van der Waals surface area (Å²) in [6, 6.07) is 3.21. The molecule has 0 aliphatic carbocycles. The summed E-state index contributed by atoms with van der Waals surface area (Å²) in [5.41, 5.74) is 6.56. The minimum Gasteiger partial charge on any atom is -0.366 e. The molecule has 0 aliphatic heterocycles. The van der Waals surface area contributed by atoms with Gasteiger partial charge in [-0.25, -0.2) is 4.98 Å². The summed E-state index contributed by atoms with van der Waals surface area (Å²) in [5, 5.41) is 2.67. The Hall–Kier alpha value is -1.62. The standard InChI is InChI=1S/C14H24N4O/c1-6-18(14(3,4)5)11-7-8-12(16-9-11)17-13(19)10(2)15/h7-10H,6,15H2,1-5H3,(H,16,17,19). The van der Waals surface area contributed by atoms with Crippen molar-refractivity contribution in [3.63, 3.8) is 0 Å². The van der Waals surface area contributed by atoms with Crippen LogP contribution in [0.1, 0.15) is 34.6 Å². The number of nitrogens with one attached hydrogen (secondary N) is 1. The molecule has 5 nitrogen and oxygen atoms in total. The Kier molecular flexibility index (Phi) is 4.89. The fourth-order valence-electron chi connectivity index (χ4n) is 1.90. The molecule has 106 valence electrons. The van der Waals surface area contributed by atoms with Crippen molar-refractivity contribution in [2.75, 3.05) is 16.8 Å². The molecule has 1 heterocycles. The first-order valence-electron chi connectivity index (χ1n) is 6.56. The summed E-state index contributed by atoms with van der Waals surface area (Å²) in [7, 11) is 0. The Morgan fingerprint density at radius 3 is 2.47 bits per heavy atom. The molecule has 1 aromatic heterocycles. The van der Waals surface area contributed by atoms with E-state index in [0.717, 1.165) is 12.2 Å². The lowest BCUT2D eigenvalue weighted by atomic mass is 10.1. The van der Waals surface area contributed by atoms with Crippen molar-refractivity contribution >= 4 is 17.4 Å². The lowest BCUT2D eigenvalue weighted by molar-refractivity contribution is -0.117. The average molecular weight is 264 g/mol. The molecule has 0 saturated heterocycles. The maximum atomic E-state index is 11.5. The number of amides is 1. The number of pyridine rings is 1. The van der Waals surface area contributed by atoms with Crippen LogP contribution >= 0.6 is 0 Å². The number of anilines is 2. The van der Waals surface area contributed by atoms with Gasteiger partial charge in [0.1, 0.15) is 5.82 Å². The van der Waals surface area contributed by atoms with E-state index >= 15 is 0 Å². The number of nitrogens with zero attached hydrogens (tertiary/aromatic N) is 2. The third kappa shape index (κ3) is 4.21. The van der Waals surface area contributed by atoms with Gasteiger partial charge in [-0.2, -0.15) is 0 Å². The molecule has 0 aromatic carbocycles. The highest BCUT2D eigenvalue weighted by atomic mass is 16.2. The van der Waals surface area contributed by atoms with Crippen LogP contribution in [-0.2, 0) is 4.79 Å². The van der Waals surface area contributed by atoms with E-state index in [1.54, 1.807) is 19.2 Å². The summed E-state index contributed by atoms with van der Waals surface area (Å²) in [6.45, 7) is 11.1. The minimum absolute atomic E-state index is 0.0347. The number of hydrogen-bond acceptors (Lipinski definition) is 4. The first kappa shape index (κ1) is 15.4. The molecular formula is C14H24N4O. The number of nitrogens with two attached hydrogens (primary N) is 1. The number of rotatable bonds is 4. The highest BCUT2D eigenvalue weighted by Gasteiger charge is 2.20. The van der Waals surface area contributed by atoms with Crippen LogP contribution in [0.4, 0.5) is 11.5 Å². The van der Waals surface area contributed by atoms with Crippen LogP contribution in [-0.4, -0.2) is 29.0 Å². The predicted molar refractivity (Wildman–Crippen MR) is 79.3 cm³/mol. The maximum Gasteiger partial charge on any atom is 0.242 e. The van der Waals surface area contributed by atoms with Crippen LogP contribution in [0.5, 0.6) is 0 Å². The molecule has 0 fully saturated rings. The van der Waals surface area contributed by atoms with Gasteiger partial charge >= 0.3 is 0 Å². The molecule has 0 radical (unpaired) electrons. The summed E-state index contributed by atoms with van der Waals surface area (Å²) >= 11 is 0. The molecule has 1 aromatic rings. The summed E-state index contributed by atoms with van der Waals surface area (Å²) in [4.78, 5) is 18.0. The monoisotopic (exact) mass is 264 g/mol. The van der Waals surface area contributed by atoms with Crippen LogP contribution in [0.2, 0.25) is 0 Å². The van der Waals surface area contributed by atoms with E-state index in [0.29, 0.717) is 5.82 Å². The minimum atomic E-state index is -0.539. The Morgan fingerprint density at radius 1 is 1.47 bits per heavy atom. The van der Waals surface area contributed by atoms with Crippen LogP contribution in [0.3, 0.4) is 0 Å². The van der Waals surface area contributed by atoms with E-state index in [4.69, 9.17) is 5.73 Å². The molecule has 1 amide bonds. The zero-order valence-corrected chi connectivity index (χ0v) is 12.4. The van der Waals surface area contributed by atoms with Gasteiger partial charge in [-0.05, 0) is 46.8 Å². The normalized spacial score (nSPS) is 12.9. The van der Waals surface area contributed by atoms with E-state index < -0.39 is 6.04 Å². The molecule has 19 heavy (non-hydrogen) atoms. The van der Waals surface area contributed by atoms with E-state index in [2.05, 4.69) is 42.9 Å². The molecular weight excluding hydrogens is 240 g/mol. The quantitative estimate of drug-likeness (QED) is 0.872. The summed E-state index contributed by atoms with van der Waals surface area (Å²) in [6.07, 6.45) is 1.77. The van der Waals surface area contributed by atoms with Gasteiger partial charge in [0.25, 0.3) is 0 Å². The number of hydrogen-bond donors (Lipinski definition) is 2. The Labute approximate surface area is 115 Å². The highest BCUT2D eigenvalue weighted by molar-refractivity contribution is 5.93. The van der Waals surface area contributed by atoms with Crippen LogP contribution < -0.4 is 16.0 Å². The third-order valence-corrected chi connectivity index (χ3v) is 2.85. The lowest BCUT2D eigenvalue weighted by Crippen LogP contribution is -2.41. The van der Waals surface area contributed by atoms with Gasteiger partial charge < -0.3 is 16.0 Å². The zero-order valence-electron chi connectivity index (χ0n) is 12.4.